The summed E-state index contributed by atoms with van der Waals surface area (Å²) in [5.74, 6) is 0. The van der Waals surface area contributed by atoms with Crippen LogP contribution in [0.3, 0.4) is 0 Å². The van der Waals surface area contributed by atoms with Crippen molar-refractivity contribution >= 4 is 45.9 Å². The van der Waals surface area contributed by atoms with Crippen molar-refractivity contribution < 1.29 is 0 Å². The molecule has 3 heterocycles. The quantitative estimate of drug-likeness (QED) is 0.160. The molecule has 0 aromatic heterocycles. The smallest absolute Gasteiger partial charge is 0.182 e. The first-order valence-electron chi connectivity index (χ1n) is 23.5. The Labute approximate surface area is 384 Å². The molecule has 0 amide bonds. The summed E-state index contributed by atoms with van der Waals surface area (Å²) in [7, 11) is -2.58. The van der Waals surface area contributed by atoms with Gasteiger partial charge < -0.3 is 4.90 Å². The molecule has 312 valence electrons. The molecule has 0 radical (unpaired) electrons. The number of para-hydroxylation sites is 1. The molecular formula is C63H51NSi. The van der Waals surface area contributed by atoms with Gasteiger partial charge >= 0.3 is 0 Å². The Balaban J connectivity index is 1.10. The number of hydrogen-bond acceptors (Lipinski definition) is 1. The zero-order chi connectivity index (χ0) is 43.7. The molecule has 1 unspecified atom stereocenters. The van der Waals surface area contributed by atoms with Crippen LogP contribution >= 0.6 is 0 Å². The molecule has 0 saturated carbocycles. The first-order chi connectivity index (χ1) is 31.7. The van der Waals surface area contributed by atoms with Crippen molar-refractivity contribution in [2.45, 2.75) is 56.8 Å². The highest BCUT2D eigenvalue weighted by Crippen LogP contribution is 2.59. The average Bonchev–Trinajstić information content (AvgIpc) is 3.82. The molecule has 65 heavy (non-hydrogen) atoms. The first-order valence-corrected chi connectivity index (χ1v) is 25.5. The van der Waals surface area contributed by atoms with Crippen LogP contribution in [0.2, 0.25) is 0 Å². The maximum atomic E-state index is 2.61. The van der Waals surface area contributed by atoms with E-state index in [9.17, 15) is 0 Å². The van der Waals surface area contributed by atoms with Crippen molar-refractivity contribution in [1.82, 2.24) is 0 Å². The summed E-state index contributed by atoms with van der Waals surface area (Å²) in [5.41, 5.74) is 19.3. The van der Waals surface area contributed by atoms with Gasteiger partial charge in [-0.15, -0.1) is 0 Å². The van der Waals surface area contributed by atoms with Crippen molar-refractivity contribution in [3.63, 3.8) is 0 Å². The minimum absolute atomic E-state index is 0.0562. The maximum absolute atomic E-state index is 2.61. The topological polar surface area (TPSA) is 3.24 Å². The Bertz CT molecular complexity index is 3350. The van der Waals surface area contributed by atoms with Gasteiger partial charge in [0.1, 0.15) is 0 Å². The van der Waals surface area contributed by atoms with Crippen LogP contribution < -0.4 is 25.6 Å². The number of benzene rings is 9. The van der Waals surface area contributed by atoms with Gasteiger partial charge in [-0.2, -0.15) is 0 Å². The van der Waals surface area contributed by atoms with Gasteiger partial charge in [0, 0.05) is 5.69 Å². The van der Waals surface area contributed by atoms with Gasteiger partial charge in [0.2, 0.25) is 0 Å². The van der Waals surface area contributed by atoms with E-state index in [1.54, 1.807) is 0 Å². The van der Waals surface area contributed by atoms with Crippen molar-refractivity contribution in [2.24, 2.45) is 0 Å². The fraction of sp³-hybridized carbons (Fsp3) is 0.143. The predicted molar refractivity (Wildman–Crippen MR) is 275 cm³/mol. The molecule has 13 rings (SSSR count). The van der Waals surface area contributed by atoms with E-state index in [0.29, 0.717) is 0 Å². The summed E-state index contributed by atoms with van der Waals surface area (Å²) < 4.78 is 0. The standard InChI is InChI=1S/C63H51NSi/c1-61(2)37-38-62(3,4)54-40-45(32-35-51(54)61)63(44-21-9-6-10-22-44)52-26-14-15-27-55(52)64(56-39-43(31-34-53(56)63)42-19-7-5-8-20-42)46-33-36-60-50(41-46)49-25-13-18-30-59(49)65(60)57-28-16-11-23-47(57)48-24-12-17-29-58(48)65/h5-36,39-41H,37-38H2,1-4H3. The molecule has 0 fully saturated rings. The van der Waals surface area contributed by atoms with E-state index < -0.39 is 13.5 Å². The molecule has 2 heteroatoms. The molecule has 1 aliphatic carbocycles. The number of rotatable bonds is 4. The Morgan fingerprint density at radius 2 is 0.877 bits per heavy atom. The van der Waals surface area contributed by atoms with Crippen LogP contribution in [-0.4, -0.2) is 8.07 Å². The second kappa shape index (κ2) is 13.8. The van der Waals surface area contributed by atoms with Crippen molar-refractivity contribution in [3.8, 4) is 33.4 Å². The number of anilines is 3. The first kappa shape index (κ1) is 38.5. The van der Waals surface area contributed by atoms with Gasteiger partial charge in [-0.05, 0) is 135 Å². The van der Waals surface area contributed by atoms with Crippen LogP contribution in [0.15, 0.2) is 212 Å². The molecular weight excluding hydrogens is 799 g/mol. The highest BCUT2D eigenvalue weighted by molar-refractivity contribution is 7.24. The monoisotopic (exact) mass is 849 g/mol. The van der Waals surface area contributed by atoms with Crippen molar-refractivity contribution in [2.75, 3.05) is 4.90 Å². The van der Waals surface area contributed by atoms with Gasteiger partial charge in [-0.25, -0.2) is 0 Å². The predicted octanol–water partition coefficient (Wildman–Crippen LogP) is 13.2. The van der Waals surface area contributed by atoms with Gasteiger partial charge in [-0.3, -0.25) is 0 Å². The Morgan fingerprint density at radius 1 is 0.354 bits per heavy atom. The third-order valence-corrected chi connectivity index (χ3v) is 21.0. The highest BCUT2D eigenvalue weighted by atomic mass is 28.3. The number of hydrogen-bond donors (Lipinski definition) is 0. The van der Waals surface area contributed by atoms with Crippen LogP contribution in [0.4, 0.5) is 17.1 Å². The van der Waals surface area contributed by atoms with E-state index in [1.807, 2.05) is 0 Å². The van der Waals surface area contributed by atoms with Gasteiger partial charge in [0.25, 0.3) is 0 Å². The average molecular weight is 850 g/mol. The fourth-order valence-electron chi connectivity index (χ4n) is 12.9. The molecule has 0 N–H and O–H groups in total. The van der Waals surface area contributed by atoms with Crippen LogP contribution in [0, 0.1) is 0 Å². The molecule has 3 aliphatic heterocycles. The molecule has 1 atom stereocenters. The van der Waals surface area contributed by atoms with E-state index in [-0.39, 0.29) is 10.8 Å². The normalized spacial score (nSPS) is 18.4. The Hall–Kier alpha value is -7.00. The zero-order valence-corrected chi connectivity index (χ0v) is 38.6. The van der Waals surface area contributed by atoms with Crippen LogP contribution in [0.5, 0.6) is 0 Å². The molecule has 9 aromatic carbocycles. The van der Waals surface area contributed by atoms with E-state index >= 15 is 0 Å². The molecule has 1 nitrogen and oxygen atoms in total. The second-order valence-electron chi connectivity index (χ2n) is 20.2. The molecule has 1 spiro atoms. The summed E-state index contributed by atoms with van der Waals surface area (Å²) >= 11 is 0. The lowest BCUT2D eigenvalue weighted by Crippen LogP contribution is -2.70. The van der Waals surface area contributed by atoms with E-state index in [0.717, 1.165) is 0 Å². The SMILES string of the molecule is CC1(C)CCC(C)(C)c2cc(C3(c4ccccc4)c4ccccc4N(c4ccc5c(c4)-c4ccccc4[Si]54c5ccccc5-c5ccccc54)c4cc(-c5ccccc5)ccc43)ccc21. The lowest BCUT2D eigenvalue weighted by atomic mass is 9.59. The summed E-state index contributed by atoms with van der Waals surface area (Å²) in [4.78, 5) is 2.59. The third-order valence-electron chi connectivity index (χ3n) is 16.0. The molecule has 4 aliphatic rings. The van der Waals surface area contributed by atoms with Crippen molar-refractivity contribution in [1.29, 1.82) is 0 Å². The van der Waals surface area contributed by atoms with Gasteiger partial charge in [0.05, 0.1) is 16.8 Å². The Morgan fingerprint density at radius 3 is 1.55 bits per heavy atom. The number of nitrogens with zero attached hydrogens (tertiary/aromatic N) is 1. The summed E-state index contributed by atoms with van der Waals surface area (Å²) in [6.45, 7) is 9.79. The summed E-state index contributed by atoms with van der Waals surface area (Å²) in [6, 6.07) is 81.7. The largest absolute Gasteiger partial charge is 0.310 e. The lowest BCUT2D eigenvalue weighted by Gasteiger charge is -2.48. The third kappa shape index (κ3) is 5.15. The number of fused-ring (bicyclic) bond motifs is 13. The fourth-order valence-corrected chi connectivity index (χ4v) is 18.5. The zero-order valence-electron chi connectivity index (χ0n) is 37.6. The summed E-state index contributed by atoms with van der Waals surface area (Å²) in [5, 5.41) is 6.00. The molecule has 0 bridgehead atoms. The summed E-state index contributed by atoms with van der Waals surface area (Å²) in [6.07, 6.45) is 2.35. The van der Waals surface area contributed by atoms with Gasteiger partial charge in [0.15, 0.2) is 8.07 Å². The second-order valence-corrected chi connectivity index (χ2v) is 23.9. The van der Waals surface area contributed by atoms with Crippen LogP contribution in [0.1, 0.15) is 73.9 Å². The minimum Gasteiger partial charge on any atom is -0.310 e. The van der Waals surface area contributed by atoms with E-state index in [1.165, 1.54) is 117 Å². The maximum Gasteiger partial charge on any atom is 0.182 e. The van der Waals surface area contributed by atoms with E-state index in [2.05, 4.69) is 245 Å². The molecule has 0 saturated heterocycles. The highest BCUT2D eigenvalue weighted by Gasteiger charge is 2.54. The Kier molecular flexibility index (Phi) is 8.14. The van der Waals surface area contributed by atoms with Crippen LogP contribution in [-0.2, 0) is 16.2 Å². The van der Waals surface area contributed by atoms with E-state index in [4.69, 9.17) is 0 Å². The van der Waals surface area contributed by atoms with Crippen molar-refractivity contribution in [3.05, 3.63) is 246 Å². The van der Waals surface area contributed by atoms with Crippen LogP contribution in [0.25, 0.3) is 33.4 Å². The molecule has 9 aromatic rings. The van der Waals surface area contributed by atoms with Gasteiger partial charge in [-0.1, -0.05) is 216 Å². The minimum atomic E-state index is -2.58. The lowest BCUT2D eigenvalue weighted by molar-refractivity contribution is 0.331.